The Hall–Kier alpha value is -3.14. The van der Waals surface area contributed by atoms with Crippen LogP contribution in [0.3, 0.4) is 0 Å². The Morgan fingerprint density at radius 1 is 1.10 bits per heavy atom. The number of pyridine rings is 1. The zero-order valence-electron chi connectivity index (χ0n) is 11.6. The van der Waals surface area contributed by atoms with Gasteiger partial charge in [-0.1, -0.05) is 0 Å². The molecule has 3 aromatic rings. The molecule has 2 N–H and O–H groups in total. The molecule has 3 heterocycles. The van der Waals surface area contributed by atoms with Crippen molar-refractivity contribution in [3.05, 3.63) is 36.3 Å². The minimum absolute atomic E-state index is 0.199. The first kappa shape index (κ1) is 12.9. The van der Waals surface area contributed by atoms with Crippen LogP contribution in [-0.4, -0.2) is 24.5 Å². The lowest BCUT2D eigenvalue weighted by molar-refractivity contribution is 0.771. The number of rotatable bonds is 2. The van der Waals surface area contributed by atoms with E-state index in [2.05, 4.69) is 15.2 Å². The molecule has 0 aliphatic carbocycles. The Balaban J connectivity index is 2.29. The molecule has 0 bridgehead atoms. The summed E-state index contributed by atoms with van der Waals surface area (Å²) >= 11 is 0. The van der Waals surface area contributed by atoms with E-state index in [0.717, 1.165) is 17.0 Å². The molecule has 0 radical (unpaired) electrons. The van der Waals surface area contributed by atoms with Gasteiger partial charge < -0.3 is 5.73 Å². The third-order valence-electron chi connectivity index (χ3n) is 3.34. The number of nitrogens with two attached hydrogens (primary N) is 1. The second-order valence-corrected chi connectivity index (χ2v) is 4.61. The second-order valence-electron chi connectivity index (χ2n) is 4.61. The van der Waals surface area contributed by atoms with Gasteiger partial charge in [-0.05, 0) is 18.2 Å². The van der Waals surface area contributed by atoms with Crippen LogP contribution in [0.4, 0.5) is 5.69 Å². The monoisotopic (exact) mass is 279 g/mol. The van der Waals surface area contributed by atoms with Gasteiger partial charge in [-0.3, -0.25) is 9.36 Å². The minimum Gasteiger partial charge on any atom is -0.396 e. The van der Waals surface area contributed by atoms with Gasteiger partial charge in [-0.2, -0.15) is 15.5 Å². The van der Waals surface area contributed by atoms with Gasteiger partial charge in [0.1, 0.15) is 6.07 Å². The lowest BCUT2D eigenvalue weighted by Crippen LogP contribution is -2.04. The summed E-state index contributed by atoms with van der Waals surface area (Å²) in [4.78, 5) is 4.32. The van der Waals surface area contributed by atoms with Crippen LogP contribution in [-0.2, 0) is 14.1 Å². The number of anilines is 1. The van der Waals surface area contributed by atoms with E-state index in [-0.39, 0.29) is 5.69 Å². The molecule has 0 spiro atoms. The van der Waals surface area contributed by atoms with E-state index in [1.165, 1.54) is 0 Å². The van der Waals surface area contributed by atoms with Crippen LogP contribution in [0, 0.1) is 11.3 Å². The van der Waals surface area contributed by atoms with Gasteiger partial charge in [0.25, 0.3) is 0 Å². The van der Waals surface area contributed by atoms with Gasteiger partial charge >= 0.3 is 0 Å². The van der Waals surface area contributed by atoms with Gasteiger partial charge in [0.2, 0.25) is 0 Å². The standard InChI is InChI=1S/C14H13N7/c1-20-12(3-5-17-20)9-7-10(13-4-6-18-21(13)2)19-11(8-15)14(9)16/h3-7H,16H2,1-2H3. The molecule has 3 rings (SSSR count). The predicted molar refractivity (Wildman–Crippen MR) is 77.8 cm³/mol. The highest BCUT2D eigenvalue weighted by Gasteiger charge is 2.16. The smallest absolute Gasteiger partial charge is 0.164 e. The molecule has 0 aliphatic rings. The fourth-order valence-electron chi connectivity index (χ4n) is 2.25. The second kappa shape index (κ2) is 4.76. The molecule has 0 saturated heterocycles. The Bertz CT molecular complexity index is 851. The number of aromatic nitrogens is 5. The lowest BCUT2D eigenvalue weighted by atomic mass is 10.1. The normalized spacial score (nSPS) is 10.5. The van der Waals surface area contributed by atoms with Crippen LogP contribution in [0.5, 0.6) is 0 Å². The molecule has 0 aliphatic heterocycles. The zero-order valence-corrected chi connectivity index (χ0v) is 11.6. The third-order valence-corrected chi connectivity index (χ3v) is 3.34. The maximum Gasteiger partial charge on any atom is 0.164 e. The molecular formula is C14H13N7. The molecule has 0 fully saturated rings. The van der Waals surface area contributed by atoms with E-state index < -0.39 is 0 Å². The summed E-state index contributed by atoms with van der Waals surface area (Å²) in [6, 6.07) is 7.58. The lowest BCUT2D eigenvalue weighted by Gasteiger charge is -2.10. The van der Waals surface area contributed by atoms with E-state index in [1.54, 1.807) is 21.8 Å². The van der Waals surface area contributed by atoms with E-state index in [0.29, 0.717) is 11.4 Å². The summed E-state index contributed by atoms with van der Waals surface area (Å²) in [6.45, 7) is 0. The zero-order chi connectivity index (χ0) is 15.0. The summed E-state index contributed by atoms with van der Waals surface area (Å²) in [5.74, 6) is 0. The summed E-state index contributed by atoms with van der Waals surface area (Å²) in [6.07, 6.45) is 3.37. The molecule has 7 nitrogen and oxygen atoms in total. The van der Waals surface area contributed by atoms with E-state index >= 15 is 0 Å². The van der Waals surface area contributed by atoms with Crippen molar-refractivity contribution in [2.45, 2.75) is 0 Å². The molecule has 0 unspecified atom stereocenters. The van der Waals surface area contributed by atoms with Crippen molar-refractivity contribution in [1.29, 1.82) is 5.26 Å². The summed E-state index contributed by atoms with van der Waals surface area (Å²) < 4.78 is 3.41. The van der Waals surface area contributed by atoms with Crippen LogP contribution >= 0.6 is 0 Å². The molecule has 0 atom stereocenters. The first-order valence-electron chi connectivity index (χ1n) is 6.29. The van der Waals surface area contributed by atoms with E-state index in [4.69, 9.17) is 5.73 Å². The van der Waals surface area contributed by atoms with Crippen LogP contribution in [0.25, 0.3) is 22.6 Å². The molecule has 104 valence electrons. The quantitative estimate of drug-likeness (QED) is 0.763. The van der Waals surface area contributed by atoms with Gasteiger partial charge in [0, 0.05) is 32.1 Å². The summed E-state index contributed by atoms with van der Waals surface area (Å²) in [7, 11) is 3.65. The number of hydrogen-bond donors (Lipinski definition) is 1. The van der Waals surface area contributed by atoms with Crippen molar-refractivity contribution in [2.24, 2.45) is 14.1 Å². The van der Waals surface area contributed by atoms with Crippen molar-refractivity contribution in [3.8, 4) is 28.7 Å². The summed E-state index contributed by atoms with van der Waals surface area (Å²) in [5, 5.41) is 17.5. The first-order valence-corrected chi connectivity index (χ1v) is 6.29. The molecule has 21 heavy (non-hydrogen) atoms. The van der Waals surface area contributed by atoms with Crippen molar-refractivity contribution in [3.63, 3.8) is 0 Å². The average Bonchev–Trinajstić information content (AvgIpc) is 3.08. The highest BCUT2D eigenvalue weighted by atomic mass is 15.3. The summed E-state index contributed by atoms with van der Waals surface area (Å²) in [5.41, 5.74) is 9.65. The molecule has 7 heteroatoms. The maximum atomic E-state index is 9.26. The Kier molecular flexibility index (Phi) is 2.92. The highest BCUT2D eigenvalue weighted by molar-refractivity contribution is 5.80. The van der Waals surface area contributed by atoms with Gasteiger partial charge in [0.15, 0.2) is 5.69 Å². The van der Waals surface area contributed by atoms with E-state index in [9.17, 15) is 5.26 Å². The fraction of sp³-hybridized carbons (Fsp3) is 0.143. The minimum atomic E-state index is 0.199. The van der Waals surface area contributed by atoms with Crippen LogP contribution in [0.1, 0.15) is 5.69 Å². The number of nitrogens with zero attached hydrogens (tertiary/aromatic N) is 6. The SMILES string of the molecule is Cn1nccc1-c1cc(-c2ccnn2C)c(N)c(C#N)n1. The predicted octanol–water partition coefficient (Wildman–Crippen LogP) is 1.34. The number of aryl methyl sites for hydroxylation is 2. The topological polar surface area (TPSA) is 98.3 Å². The molecule has 0 saturated carbocycles. The Labute approximate surface area is 121 Å². The van der Waals surface area contributed by atoms with Crippen molar-refractivity contribution in [1.82, 2.24) is 24.5 Å². The number of hydrogen-bond acceptors (Lipinski definition) is 5. The van der Waals surface area contributed by atoms with Gasteiger partial charge in [-0.25, -0.2) is 4.98 Å². The van der Waals surface area contributed by atoms with Crippen LogP contribution in [0.15, 0.2) is 30.6 Å². The molecular weight excluding hydrogens is 266 g/mol. The maximum absolute atomic E-state index is 9.26. The van der Waals surface area contributed by atoms with E-state index in [1.807, 2.05) is 38.4 Å². The third kappa shape index (κ3) is 2.03. The average molecular weight is 279 g/mol. The molecule has 0 aromatic carbocycles. The van der Waals surface area contributed by atoms with Gasteiger partial charge in [0.05, 0.1) is 22.8 Å². The first-order chi connectivity index (χ1) is 10.1. The molecule has 0 amide bonds. The number of nitriles is 1. The largest absolute Gasteiger partial charge is 0.396 e. The van der Waals surface area contributed by atoms with Crippen molar-refractivity contribution < 1.29 is 0 Å². The molecule has 3 aromatic heterocycles. The Morgan fingerprint density at radius 3 is 2.24 bits per heavy atom. The van der Waals surface area contributed by atoms with Crippen molar-refractivity contribution >= 4 is 5.69 Å². The number of nitrogen functional groups attached to an aromatic ring is 1. The van der Waals surface area contributed by atoms with Crippen molar-refractivity contribution in [2.75, 3.05) is 5.73 Å². The van der Waals surface area contributed by atoms with Crippen LogP contribution < -0.4 is 5.73 Å². The van der Waals surface area contributed by atoms with Crippen LogP contribution in [0.2, 0.25) is 0 Å². The van der Waals surface area contributed by atoms with Gasteiger partial charge in [-0.15, -0.1) is 0 Å². The fourth-order valence-corrected chi connectivity index (χ4v) is 2.25. The highest BCUT2D eigenvalue weighted by Crippen LogP contribution is 2.31. The Morgan fingerprint density at radius 2 is 1.71 bits per heavy atom.